The van der Waals surface area contributed by atoms with Crippen molar-refractivity contribution in [3.63, 3.8) is 0 Å². The van der Waals surface area contributed by atoms with Crippen molar-refractivity contribution in [2.75, 3.05) is 0 Å². The Morgan fingerprint density at radius 3 is 2.55 bits per heavy atom. The van der Waals surface area contributed by atoms with Crippen LogP contribution in [0.4, 0.5) is 0 Å². The highest BCUT2D eigenvalue weighted by molar-refractivity contribution is 7.71. The fourth-order valence-corrected chi connectivity index (χ4v) is 2.63. The van der Waals surface area contributed by atoms with Crippen LogP contribution in [0.5, 0.6) is 0 Å². The molecule has 6 heteroatoms. The number of nitrogens with one attached hydrogen (secondary N) is 1. The van der Waals surface area contributed by atoms with E-state index in [-0.39, 0.29) is 11.6 Å². The zero-order chi connectivity index (χ0) is 15.1. The lowest BCUT2D eigenvalue weighted by Gasteiger charge is -1.98. The Labute approximate surface area is 130 Å². The third-order valence-electron chi connectivity index (χ3n) is 3.45. The summed E-state index contributed by atoms with van der Waals surface area (Å²) in [6.45, 7) is 0. The molecule has 0 aliphatic rings. The summed E-state index contributed by atoms with van der Waals surface area (Å²) in [7, 11) is 0. The molecular weight excluding hydrogens is 296 g/mol. The third kappa shape index (κ3) is 1.93. The lowest BCUT2D eigenvalue weighted by atomic mass is 10.1. The van der Waals surface area contributed by atoms with E-state index in [4.69, 9.17) is 12.2 Å². The van der Waals surface area contributed by atoms with Crippen LogP contribution in [0.15, 0.2) is 54.6 Å². The largest absolute Gasteiger partial charge is 0.285 e. The molecule has 0 aliphatic carbocycles. The number of para-hydroxylation sites is 1. The first-order valence-corrected chi connectivity index (χ1v) is 7.12. The fourth-order valence-electron chi connectivity index (χ4n) is 2.40. The van der Waals surface area contributed by atoms with Gasteiger partial charge in [-0.2, -0.15) is 0 Å². The number of H-pyrrole nitrogens is 1. The van der Waals surface area contributed by atoms with E-state index in [2.05, 4.69) is 15.1 Å². The number of rotatable bonds is 2. The smallest absolute Gasteiger partial charge is 0.229 e. The number of benzene rings is 2. The minimum Gasteiger partial charge on any atom is -0.285 e. The molecule has 0 saturated heterocycles. The quantitative estimate of drug-likeness (QED) is 0.456. The van der Waals surface area contributed by atoms with Crippen molar-refractivity contribution in [2.24, 2.45) is 0 Å². The van der Waals surface area contributed by atoms with Crippen molar-refractivity contribution in [1.82, 2.24) is 19.6 Å². The van der Waals surface area contributed by atoms with Crippen molar-refractivity contribution >= 4 is 34.6 Å². The van der Waals surface area contributed by atoms with Crippen LogP contribution in [0, 0.1) is 4.77 Å². The maximum atomic E-state index is 12.5. The van der Waals surface area contributed by atoms with Gasteiger partial charge in [-0.05, 0) is 24.4 Å². The topological polar surface area (TPSA) is 63.1 Å². The molecule has 0 saturated carbocycles. The van der Waals surface area contributed by atoms with Crippen molar-refractivity contribution < 1.29 is 4.79 Å². The van der Waals surface area contributed by atoms with Crippen LogP contribution in [-0.2, 0) is 0 Å². The van der Waals surface area contributed by atoms with Crippen molar-refractivity contribution in [3.8, 4) is 0 Å². The van der Waals surface area contributed by atoms with Gasteiger partial charge in [-0.3, -0.25) is 9.89 Å². The van der Waals surface area contributed by atoms with Crippen LogP contribution in [0.3, 0.4) is 0 Å². The Morgan fingerprint density at radius 2 is 1.73 bits per heavy atom. The summed E-state index contributed by atoms with van der Waals surface area (Å²) < 4.78 is 1.90. The highest BCUT2D eigenvalue weighted by Gasteiger charge is 2.15. The second-order valence-corrected chi connectivity index (χ2v) is 5.20. The van der Waals surface area contributed by atoms with Gasteiger partial charge in [0.05, 0.1) is 5.52 Å². The zero-order valence-corrected chi connectivity index (χ0v) is 12.2. The van der Waals surface area contributed by atoms with Gasteiger partial charge in [0.1, 0.15) is 0 Å². The maximum absolute atomic E-state index is 12.5. The van der Waals surface area contributed by atoms with E-state index in [1.165, 1.54) is 0 Å². The molecule has 0 atom stereocenters. The molecule has 5 nitrogen and oxygen atoms in total. The number of nitrogens with zero attached hydrogens (tertiary/aromatic N) is 3. The van der Waals surface area contributed by atoms with E-state index in [1.807, 2.05) is 42.5 Å². The van der Waals surface area contributed by atoms with Crippen LogP contribution in [-0.4, -0.2) is 25.4 Å². The number of aromatic amines is 1. The molecule has 0 fully saturated rings. The summed E-state index contributed by atoms with van der Waals surface area (Å²) in [4.78, 5) is 21.3. The van der Waals surface area contributed by atoms with Crippen molar-refractivity contribution in [3.05, 3.63) is 70.8 Å². The molecule has 2 aromatic heterocycles. The Hall–Kier alpha value is -2.86. The van der Waals surface area contributed by atoms with Gasteiger partial charge in [0, 0.05) is 10.9 Å². The summed E-state index contributed by atoms with van der Waals surface area (Å²) >= 11 is 5.27. The van der Waals surface area contributed by atoms with Gasteiger partial charge in [-0.15, -0.1) is 0 Å². The molecule has 106 valence electrons. The first-order chi connectivity index (χ1) is 10.7. The second-order valence-electron chi connectivity index (χ2n) is 4.84. The minimum absolute atomic E-state index is 0.178. The van der Waals surface area contributed by atoms with E-state index in [9.17, 15) is 4.79 Å². The molecule has 1 N–H and O–H groups in total. The third-order valence-corrected chi connectivity index (χ3v) is 3.72. The molecule has 0 unspecified atom stereocenters. The maximum Gasteiger partial charge on any atom is 0.229 e. The number of hydrogen-bond donors (Lipinski definition) is 1. The first kappa shape index (κ1) is 12.8. The number of hydrogen-bond acceptors (Lipinski definition) is 4. The van der Waals surface area contributed by atoms with E-state index in [0.717, 1.165) is 10.9 Å². The SMILES string of the molecule is O=C(c1ccccc1)c1nc2c3ccccc3nc(=S)n2[nH]1. The van der Waals surface area contributed by atoms with Crippen LogP contribution in [0.1, 0.15) is 16.2 Å². The summed E-state index contributed by atoms with van der Waals surface area (Å²) in [5, 5.41) is 3.79. The predicted octanol–water partition coefficient (Wildman–Crippen LogP) is 3.17. The normalized spacial score (nSPS) is 11.1. The summed E-state index contributed by atoms with van der Waals surface area (Å²) in [5.41, 5.74) is 1.94. The molecule has 0 radical (unpaired) electrons. The van der Waals surface area contributed by atoms with Crippen LogP contribution >= 0.6 is 12.2 Å². The van der Waals surface area contributed by atoms with Gasteiger partial charge in [0.15, 0.2) is 11.5 Å². The number of fused-ring (bicyclic) bond motifs is 3. The number of carbonyl (C=O) groups is 1. The van der Waals surface area contributed by atoms with Crippen LogP contribution < -0.4 is 0 Å². The molecule has 2 heterocycles. The summed E-state index contributed by atoms with van der Waals surface area (Å²) in [6.07, 6.45) is 0. The summed E-state index contributed by atoms with van der Waals surface area (Å²) in [6, 6.07) is 16.6. The van der Waals surface area contributed by atoms with Gasteiger partial charge < -0.3 is 0 Å². The van der Waals surface area contributed by atoms with E-state index in [1.54, 1.807) is 16.6 Å². The molecule has 0 amide bonds. The average Bonchev–Trinajstić information content (AvgIpc) is 3.01. The van der Waals surface area contributed by atoms with Crippen molar-refractivity contribution in [1.29, 1.82) is 0 Å². The summed E-state index contributed by atoms with van der Waals surface area (Å²) in [5.74, 6) is 0.0678. The first-order valence-electron chi connectivity index (χ1n) is 6.71. The molecule has 0 spiro atoms. The van der Waals surface area contributed by atoms with Gasteiger partial charge in [-0.1, -0.05) is 42.5 Å². The molecule has 4 aromatic rings. The molecule has 0 bridgehead atoms. The molecule has 0 aliphatic heterocycles. The Bertz CT molecular complexity index is 1070. The Morgan fingerprint density at radius 1 is 1.00 bits per heavy atom. The van der Waals surface area contributed by atoms with Crippen molar-refractivity contribution in [2.45, 2.75) is 0 Å². The molecular formula is C16H10N4OS. The second kappa shape index (κ2) is 4.85. The Kier molecular flexibility index (Phi) is 2.83. The average molecular weight is 306 g/mol. The number of aromatic nitrogens is 4. The number of carbonyl (C=O) groups excluding carboxylic acids is 1. The minimum atomic E-state index is -0.178. The van der Waals surface area contributed by atoms with Crippen LogP contribution in [0.25, 0.3) is 16.6 Å². The number of ketones is 1. The molecule has 22 heavy (non-hydrogen) atoms. The zero-order valence-electron chi connectivity index (χ0n) is 11.4. The van der Waals surface area contributed by atoms with Gasteiger partial charge in [-0.25, -0.2) is 14.5 Å². The van der Waals surface area contributed by atoms with Gasteiger partial charge >= 0.3 is 0 Å². The molecule has 2 aromatic carbocycles. The highest BCUT2D eigenvalue weighted by atomic mass is 32.1. The van der Waals surface area contributed by atoms with Crippen LogP contribution in [0.2, 0.25) is 0 Å². The monoisotopic (exact) mass is 306 g/mol. The fraction of sp³-hybridized carbons (Fsp3) is 0. The van der Waals surface area contributed by atoms with E-state index < -0.39 is 0 Å². The standard InChI is InChI=1S/C16H10N4OS/c21-13(10-6-2-1-3-7-10)14-18-15-11-8-4-5-9-12(11)17-16(22)20(15)19-14/h1-9H,(H,18,19). The lowest BCUT2D eigenvalue weighted by molar-refractivity contribution is 0.102. The van der Waals surface area contributed by atoms with Gasteiger partial charge in [0.25, 0.3) is 0 Å². The van der Waals surface area contributed by atoms with E-state index >= 15 is 0 Å². The highest BCUT2D eigenvalue weighted by Crippen LogP contribution is 2.17. The predicted molar refractivity (Wildman–Crippen MR) is 85.6 cm³/mol. The van der Waals surface area contributed by atoms with Gasteiger partial charge in [0.2, 0.25) is 10.6 Å². The molecule has 4 rings (SSSR count). The van der Waals surface area contributed by atoms with E-state index in [0.29, 0.717) is 16.0 Å². The Balaban J connectivity index is 1.98. The lowest BCUT2D eigenvalue weighted by Crippen LogP contribution is -2.04.